The first kappa shape index (κ1) is 24.7. The van der Waals surface area contributed by atoms with Gasteiger partial charge in [-0.3, -0.25) is 4.90 Å². The number of hydrogen-bond acceptors (Lipinski definition) is 9. The molecule has 4 heterocycles. The zero-order valence-corrected chi connectivity index (χ0v) is 23.4. The Bertz CT molecular complexity index is 1550. The molecule has 3 aromatic heterocycles. The second kappa shape index (κ2) is 9.80. The summed E-state index contributed by atoms with van der Waals surface area (Å²) in [6.07, 6.45) is 9.27. The Labute approximate surface area is 240 Å². The van der Waals surface area contributed by atoms with Gasteiger partial charge in [-0.25, -0.2) is 4.98 Å². The number of piperazine rings is 1. The molecule has 4 aromatic rings. The molecule has 10 nitrogen and oxygen atoms in total. The van der Waals surface area contributed by atoms with Gasteiger partial charge >= 0.3 is 0 Å². The number of nitrogens with zero attached hydrogens (tertiary/aromatic N) is 8. The third kappa shape index (κ3) is 4.41. The number of aromatic nitrogens is 6. The second-order valence-corrected chi connectivity index (χ2v) is 12.1. The van der Waals surface area contributed by atoms with Crippen LogP contribution in [0.3, 0.4) is 0 Å². The number of pyridine rings is 1. The van der Waals surface area contributed by atoms with Gasteiger partial charge in [-0.1, -0.05) is 30.3 Å². The molecule has 0 spiro atoms. The molecule has 2 saturated carbocycles. The van der Waals surface area contributed by atoms with E-state index >= 15 is 0 Å². The first-order valence-electron chi connectivity index (χ1n) is 15.0. The summed E-state index contributed by atoms with van der Waals surface area (Å²) < 4.78 is 1.66. The number of nitrogens with one attached hydrogen (secondary N) is 1. The number of anilines is 4. The lowest BCUT2D eigenvalue weighted by molar-refractivity contribution is 0.179. The van der Waals surface area contributed by atoms with Crippen LogP contribution in [-0.4, -0.2) is 66.6 Å². The van der Waals surface area contributed by atoms with Gasteiger partial charge in [0.25, 0.3) is 0 Å². The topological polar surface area (TPSA) is 114 Å². The molecule has 41 heavy (non-hydrogen) atoms. The number of rotatable bonds is 6. The number of nitrogen functional groups attached to an aromatic ring is 1. The van der Waals surface area contributed by atoms with E-state index < -0.39 is 0 Å². The largest absolute Gasteiger partial charge is 0.368 e. The smallest absolute Gasteiger partial charge is 0.248 e. The van der Waals surface area contributed by atoms with Crippen molar-refractivity contribution in [3.05, 3.63) is 59.8 Å². The summed E-state index contributed by atoms with van der Waals surface area (Å²) in [6.45, 7) is 5.46. The highest BCUT2D eigenvalue weighted by Gasteiger charge is 2.39. The van der Waals surface area contributed by atoms with E-state index in [0.29, 0.717) is 35.6 Å². The standard InChI is InChI=1S/C31H36N10/c1-19-18-39(15-16-40(19)24-12-13-24)25-14-11-23(17-33-25)34-31-35-30(32)41(38-31)29-27-21-9-7-20(8-10-21)26(27)28(36-37-29)22-5-3-2-4-6-22/h2-6,11,14,17,19-21,24H,7-10,12-13,15-16,18H2,1H3,(H3,32,34,35,38)/t19-,20?,21?/m0/s1. The second-order valence-electron chi connectivity index (χ2n) is 12.1. The molecule has 9 rings (SSSR count). The van der Waals surface area contributed by atoms with Gasteiger partial charge in [0.2, 0.25) is 11.9 Å². The minimum Gasteiger partial charge on any atom is -0.368 e. The normalized spacial score (nSPS) is 23.9. The molecule has 1 aromatic carbocycles. The van der Waals surface area contributed by atoms with E-state index in [4.69, 9.17) is 26.0 Å². The van der Waals surface area contributed by atoms with Crippen molar-refractivity contribution in [1.29, 1.82) is 0 Å². The van der Waals surface area contributed by atoms with Crippen molar-refractivity contribution in [2.24, 2.45) is 0 Å². The molecule has 3 fully saturated rings. The molecule has 1 atom stereocenters. The summed E-state index contributed by atoms with van der Waals surface area (Å²) in [4.78, 5) is 14.3. The number of hydrogen-bond donors (Lipinski definition) is 2. The molecule has 0 radical (unpaired) electrons. The van der Waals surface area contributed by atoms with Crippen molar-refractivity contribution in [3.63, 3.8) is 0 Å². The molecule has 10 heteroatoms. The van der Waals surface area contributed by atoms with Crippen molar-refractivity contribution < 1.29 is 0 Å². The number of fused-ring (bicyclic) bond motifs is 2. The fraction of sp³-hybridized carbons (Fsp3) is 0.452. The molecular formula is C31H36N10. The van der Waals surface area contributed by atoms with Gasteiger partial charge in [0.1, 0.15) is 5.82 Å². The van der Waals surface area contributed by atoms with E-state index in [2.05, 4.69) is 57.4 Å². The lowest BCUT2D eigenvalue weighted by Crippen LogP contribution is -2.52. The van der Waals surface area contributed by atoms with Crippen LogP contribution in [0.5, 0.6) is 0 Å². The van der Waals surface area contributed by atoms with Crippen LogP contribution in [-0.2, 0) is 0 Å². The summed E-state index contributed by atoms with van der Waals surface area (Å²) in [5, 5.41) is 17.5. The Kier molecular flexibility index (Phi) is 5.91. The number of benzene rings is 1. The molecular weight excluding hydrogens is 512 g/mol. The van der Waals surface area contributed by atoms with Crippen LogP contribution in [0, 0.1) is 0 Å². The van der Waals surface area contributed by atoms with Gasteiger partial charge in [0, 0.05) is 42.8 Å². The summed E-state index contributed by atoms with van der Waals surface area (Å²) in [7, 11) is 0. The molecule has 0 unspecified atom stereocenters. The molecule has 2 bridgehead atoms. The fourth-order valence-corrected chi connectivity index (χ4v) is 7.34. The maximum Gasteiger partial charge on any atom is 0.248 e. The van der Waals surface area contributed by atoms with Gasteiger partial charge < -0.3 is 16.0 Å². The third-order valence-electron chi connectivity index (χ3n) is 9.48. The van der Waals surface area contributed by atoms with Crippen LogP contribution in [0.1, 0.15) is 68.4 Å². The first-order valence-corrected chi connectivity index (χ1v) is 15.0. The quantitative estimate of drug-likeness (QED) is 0.348. The van der Waals surface area contributed by atoms with Crippen LogP contribution >= 0.6 is 0 Å². The maximum absolute atomic E-state index is 6.43. The third-order valence-corrected chi connectivity index (χ3v) is 9.48. The van der Waals surface area contributed by atoms with Gasteiger partial charge in [-0.05, 0) is 75.0 Å². The zero-order chi connectivity index (χ0) is 27.5. The summed E-state index contributed by atoms with van der Waals surface area (Å²) in [6, 6.07) is 15.9. The summed E-state index contributed by atoms with van der Waals surface area (Å²) in [5.74, 6) is 3.36. The summed E-state index contributed by atoms with van der Waals surface area (Å²) >= 11 is 0. The Morgan fingerprint density at radius 3 is 2.37 bits per heavy atom. The van der Waals surface area contributed by atoms with Crippen molar-refractivity contribution >= 4 is 23.4 Å². The van der Waals surface area contributed by atoms with Gasteiger partial charge in [0.15, 0.2) is 5.82 Å². The highest BCUT2D eigenvalue weighted by atomic mass is 15.5. The molecule has 3 N–H and O–H groups in total. The molecule has 5 aliphatic rings. The minimum atomic E-state index is 0.296. The van der Waals surface area contributed by atoms with Crippen LogP contribution in [0.25, 0.3) is 17.1 Å². The lowest BCUT2D eigenvalue weighted by atomic mass is 9.66. The van der Waals surface area contributed by atoms with E-state index in [9.17, 15) is 0 Å². The Morgan fingerprint density at radius 1 is 0.878 bits per heavy atom. The van der Waals surface area contributed by atoms with E-state index in [-0.39, 0.29) is 0 Å². The molecule has 1 saturated heterocycles. The predicted octanol–water partition coefficient (Wildman–Crippen LogP) is 4.87. The van der Waals surface area contributed by atoms with E-state index in [1.807, 2.05) is 18.3 Å². The average Bonchev–Trinajstić information content (AvgIpc) is 3.80. The Morgan fingerprint density at radius 2 is 1.66 bits per heavy atom. The predicted molar refractivity (Wildman–Crippen MR) is 160 cm³/mol. The molecule has 1 aliphatic heterocycles. The van der Waals surface area contributed by atoms with Gasteiger partial charge in [0.05, 0.1) is 17.6 Å². The van der Waals surface area contributed by atoms with E-state index in [0.717, 1.165) is 61.3 Å². The lowest BCUT2D eigenvalue weighted by Gasteiger charge is -2.40. The Balaban J connectivity index is 1.05. The van der Waals surface area contributed by atoms with Crippen LogP contribution in [0.2, 0.25) is 0 Å². The molecule has 0 amide bonds. The SMILES string of the molecule is C[C@H]1CN(c2ccc(Nc3nc(N)n(-c4nnc(-c5ccccc5)c5c4C4CCC5CC4)n3)cn2)CCN1C1CC1. The average molecular weight is 549 g/mol. The highest BCUT2D eigenvalue weighted by molar-refractivity contribution is 5.69. The van der Waals surface area contributed by atoms with Crippen molar-refractivity contribution in [3.8, 4) is 17.1 Å². The first-order chi connectivity index (χ1) is 20.1. The highest BCUT2D eigenvalue weighted by Crippen LogP contribution is 2.53. The number of nitrogens with two attached hydrogens (primary N) is 1. The zero-order valence-electron chi connectivity index (χ0n) is 23.4. The van der Waals surface area contributed by atoms with Crippen LogP contribution in [0.4, 0.5) is 23.4 Å². The monoisotopic (exact) mass is 548 g/mol. The fourth-order valence-electron chi connectivity index (χ4n) is 7.34. The molecule has 4 aliphatic carbocycles. The van der Waals surface area contributed by atoms with Crippen LogP contribution in [0.15, 0.2) is 48.7 Å². The van der Waals surface area contributed by atoms with Gasteiger partial charge in [-0.2, -0.15) is 9.67 Å². The van der Waals surface area contributed by atoms with Crippen LogP contribution < -0.4 is 16.0 Å². The molecule has 210 valence electrons. The van der Waals surface area contributed by atoms with Crippen molar-refractivity contribution in [1.82, 2.24) is 34.8 Å². The maximum atomic E-state index is 6.43. The summed E-state index contributed by atoms with van der Waals surface area (Å²) in [5.41, 5.74) is 11.9. The van der Waals surface area contributed by atoms with Crippen molar-refractivity contribution in [2.75, 3.05) is 35.6 Å². The van der Waals surface area contributed by atoms with Crippen molar-refractivity contribution in [2.45, 2.75) is 69.4 Å². The Hall–Kier alpha value is -4.05. The minimum absolute atomic E-state index is 0.296. The van der Waals surface area contributed by atoms with E-state index in [1.54, 1.807) is 4.68 Å². The van der Waals surface area contributed by atoms with Gasteiger partial charge in [-0.15, -0.1) is 15.3 Å². The van der Waals surface area contributed by atoms with E-state index in [1.165, 1.54) is 36.8 Å².